The monoisotopic (exact) mass is 205 g/mol. The molecule has 0 spiro atoms. The molecule has 58 valence electrons. The molecule has 2 N–H and O–H groups in total. The Bertz CT molecular complexity index is 333. The molecule has 1 aromatic heterocycles. The van der Waals surface area contributed by atoms with Crippen LogP contribution in [0.25, 0.3) is 0 Å². The van der Waals surface area contributed by atoms with Crippen LogP contribution >= 0.6 is 11.6 Å². The molecule has 1 aromatic rings. The number of aromatic amines is 1. The number of aromatic nitrogens is 1. The fourth-order valence-corrected chi connectivity index (χ4v) is 1.48. The van der Waals surface area contributed by atoms with Gasteiger partial charge in [0.25, 0.3) is 10.1 Å². The van der Waals surface area contributed by atoms with Crippen molar-refractivity contribution in [3.05, 3.63) is 17.4 Å². The molecule has 7 heteroatoms. The van der Waals surface area contributed by atoms with Gasteiger partial charge >= 0.3 is 29.6 Å². The number of nitrogens with one attached hydrogen (secondary N) is 1. The molecule has 0 aliphatic heterocycles. The third-order valence-electron chi connectivity index (χ3n) is 0.939. The molecule has 4 nitrogen and oxygen atoms in total. The zero-order valence-corrected chi connectivity index (χ0v) is 6.28. The maximum absolute atomic E-state index is 10.4. The molecule has 0 aliphatic carbocycles. The first-order chi connectivity index (χ1) is 4.52. The quantitative estimate of drug-likeness (QED) is 0.511. The summed E-state index contributed by atoms with van der Waals surface area (Å²) in [4.78, 5) is 2.10. The average Bonchev–Trinajstić information content (AvgIpc) is 2.11. The summed E-state index contributed by atoms with van der Waals surface area (Å²) in [7, 11) is -4.15. The van der Waals surface area contributed by atoms with Gasteiger partial charge in [0, 0.05) is 6.20 Å². The van der Waals surface area contributed by atoms with Gasteiger partial charge in [-0.2, -0.15) is 8.42 Å². The van der Waals surface area contributed by atoms with Gasteiger partial charge in [0.05, 0.1) is 0 Å². The van der Waals surface area contributed by atoms with E-state index < -0.39 is 10.1 Å². The van der Waals surface area contributed by atoms with Crippen LogP contribution in [0.15, 0.2) is 17.2 Å². The van der Waals surface area contributed by atoms with E-state index in [4.69, 9.17) is 16.2 Å². The van der Waals surface area contributed by atoms with E-state index in [1.54, 1.807) is 0 Å². The van der Waals surface area contributed by atoms with Gasteiger partial charge in [-0.1, -0.05) is 11.6 Å². The van der Waals surface area contributed by atoms with Gasteiger partial charge in [-0.3, -0.25) is 4.55 Å². The Morgan fingerprint density at radius 2 is 2.09 bits per heavy atom. The first-order valence-corrected chi connectivity index (χ1v) is 4.14. The third kappa shape index (κ3) is 2.77. The zero-order valence-electron chi connectivity index (χ0n) is 4.70. The summed E-state index contributed by atoms with van der Waals surface area (Å²) in [6.07, 6.45) is 1.32. The van der Waals surface area contributed by atoms with E-state index >= 15 is 0 Å². The van der Waals surface area contributed by atoms with E-state index in [0.717, 1.165) is 0 Å². The van der Waals surface area contributed by atoms with Crippen LogP contribution in [0.4, 0.5) is 0 Å². The molecule has 0 fully saturated rings. The Morgan fingerprint density at radius 1 is 1.55 bits per heavy atom. The van der Waals surface area contributed by atoms with Gasteiger partial charge < -0.3 is 4.98 Å². The number of hydrogen-bond donors (Lipinski definition) is 2. The third-order valence-corrected chi connectivity index (χ3v) is 2.26. The Labute approximate surface area is 91.0 Å². The van der Waals surface area contributed by atoms with Gasteiger partial charge in [0.2, 0.25) is 0 Å². The predicted molar refractivity (Wildman–Crippen MR) is 42.8 cm³/mol. The molecular formula is C4H5ClNNaO3S. The maximum atomic E-state index is 10.4. The van der Waals surface area contributed by atoms with Gasteiger partial charge in [0.15, 0.2) is 0 Å². The molecule has 0 aromatic carbocycles. The number of rotatable bonds is 1. The van der Waals surface area contributed by atoms with Crippen molar-refractivity contribution in [2.45, 2.75) is 4.90 Å². The second kappa shape index (κ2) is 3.93. The summed E-state index contributed by atoms with van der Waals surface area (Å²) >= 11 is 5.33. The van der Waals surface area contributed by atoms with Crippen molar-refractivity contribution in [2.75, 3.05) is 0 Å². The van der Waals surface area contributed by atoms with Crippen LogP contribution in [0.5, 0.6) is 0 Å². The minimum absolute atomic E-state index is 0. The SMILES string of the molecule is O=S(=O)(O)c1cc[nH]c1Cl.[NaH]. The Kier molecular flexibility index (Phi) is 4.10. The van der Waals surface area contributed by atoms with Crippen LogP contribution in [0.2, 0.25) is 5.15 Å². The van der Waals surface area contributed by atoms with Crippen LogP contribution in [-0.2, 0) is 10.1 Å². The number of hydrogen-bond acceptors (Lipinski definition) is 2. The standard InChI is InChI=1S/C4H4ClNO3S.Na.H/c5-4-3(1-2-6-4)10(7,8)9;;/h1-2,6H,(H,7,8,9);;. The van der Waals surface area contributed by atoms with E-state index in [0.29, 0.717) is 0 Å². The summed E-state index contributed by atoms with van der Waals surface area (Å²) in [5, 5.41) is -0.0810. The van der Waals surface area contributed by atoms with Crippen LogP contribution in [0.3, 0.4) is 0 Å². The summed E-state index contributed by atoms with van der Waals surface area (Å²) in [6, 6.07) is 1.18. The molecule has 11 heavy (non-hydrogen) atoms. The summed E-state index contributed by atoms with van der Waals surface area (Å²) in [5.41, 5.74) is 0. The molecule has 0 bridgehead atoms. The van der Waals surface area contributed by atoms with Gasteiger partial charge in [-0.05, 0) is 6.07 Å². The molecule has 0 saturated carbocycles. The number of H-pyrrole nitrogens is 1. The molecule has 0 atom stereocenters. The van der Waals surface area contributed by atoms with E-state index in [2.05, 4.69) is 4.98 Å². The Balaban J connectivity index is 0.000001000. The van der Waals surface area contributed by atoms with Crippen molar-refractivity contribution in [1.29, 1.82) is 0 Å². The summed E-state index contributed by atoms with van der Waals surface area (Å²) in [5.74, 6) is 0. The molecule has 0 aliphatic rings. The molecule has 0 amide bonds. The molecular weight excluding hydrogens is 201 g/mol. The van der Waals surface area contributed by atoms with Gasteiger partial charge in [-0.25, -0.2) is 0 Å². The van der Waals surface area contributed by atoms with E-state index in [1.807, 2.05) is 0 Å². The molecule has 0 radical (unpaired) electrons. The second-order valence-electron chi connectivity index (χ2n) is 1.63. The predicted octanol–water partition coefficient (Wildman–Crippen LogP) is 0.266. The van der Waals surface area contributed by atoms with Crippen LogP contribution in [-0.4, -0.2) is 47.5 Å². The molecule has 1 heterocycles. The minimum atomic E-state index is -4.15. The first kappa shape index (κ1) is 11.5. The van der Waals surface area contributed by atoms with Gasteiger partial charge in [-0.15, -0.1) is 0 Å². The topological polar surface area (TPSA) is 70.2 Å². The van der Waals surface area contributed by atoms with Crippen molar-refractivity contribution < 1.29 is 13.0 Å². The molecule has 0 saturated heterocycles. The van der Waals surface area contributed by atoms with E-state index in [9.17, 15) is 8.42 Å². The normalized spacial score (nSPS) is 10.7. The fraction of sp³-hybridized carbons (Fsp3) is 0. The van der Waals surface area contributed by atoms with Crippen molar-refractivity contribution in [1.82, 2.24) is 4.98 Å². The first-order valence-electron chi connectivity index (χ1n) is 2.32. The van der Waals surface area contributed by atoms with E-state index in [1.165, 1.54) is 12.3 Å². The molecule has 0 unspecified atom stereocenters. The Morgan fingerprint density at radius 3 is 2.27 bits per heavy atom. The fourth-order valence-electron chi connectivity index (χ4n) is 0.534. The van der Waals surface area contributed by atoms with E-state index in [-0.39, 0.29) is 39.6 Å². The van der Waals surface area contributed by atoms with Crippen LogP contribution in [0.1, 0.15) is 0 Å². The van der Waals surface area contributed by atoms with Gasteiger partial charge in [0.1, 0.15) is 10.0 Å². The zero-order chi connectivity index (χ0) is 7.78. The van der Waals surface area contributed by atoms with Crippen molar-refractivity contribution in [3.8, 4) is 0 Å². The van der Waals surface area contributed by atoms with Crippen molar-refractivity contribution >= 4 is 51.3 Å². The van der Waals surface area contributed by atoms with Crippen LogP contribution < -0.4 is 0 Å². The van der Waals surface area contributed by atoms with Crippen LogP contribution in [0, 0.1) is 0 Å². The average molecular weight is 206 g/mol. The molecule has 1 rings (SSSR count). The van der Waals surface area contributed by atoms with Crippen molar-refractivity contribution in [3.63, 3.8) is 0 Å². The Hall–Kier alpha value is 0.480. The summed E-state index contributed by atoms with van der Waals surface area (Å²) < 4.78 is 29.2. The number of halogens is 1. The summed E-state index contributed by atoms with van der Waals surface area (Å²) in [6.45, 7) is 0. The second-order valence-corrected chi connectivity index (χ2v) is 3.40. The van der Waals surface area contributed by atoms with Crippen molar-refractivity contribution in [2.24, 2.45) is 0 Å².